The van der Waals surface area contributed by atoms with Crippen LogP contribution in [0.3, 0.4) is 0 Å². The van der Waals surface area contributed by atoms with Crippen LogP contribution in [0.2, 0.25) is 0 Å². The average molecular weight is 306 g/mol. The first-order chi connectivity index (χ1) is 9.78. The van der Waals surface area contributed by atoms with E-state index in [4.69, 9.17) is 5.73 Å². The van der Waals surface area contributed by atoms with Gasteiger partial charge < -0.3 is 10.6 Å². The minimum Gasteiger partial charge on any atom is -0.360 e. The first-order valence-electron chi connectivity index (χ1n) is 7.13. The lowest BCUT2D eigenvalue weighted by Gasteiger charge is -2.28. The Balaban J connectivity index is 3.16. The summed E-state index contributed by atoms with van der Waals surface area (Å²) in [6.07, 6.45) is -2.82. The maximum Gasteiger partial charge on any atom is 0.405 e. The number of para-hydroxylation sites is 1. The van der Waals surface area contributed by atoms with Crippen LogP contribution in [-0.2, 0) is 6.42 Å². The Morgan fingerprint density at radius 2 is 1.90 bits per heavy atom. The van der Waals surface area contributed by atoms with Crippen molar-refractivity contribution in [3.63, 3.8) is 0 Å². The SMILES string of the molecule is CCCN(CC(F)(F)F)c1c(F)cccc1CC(N)CC. The molecule has 2 nitrogen and oxygen atoms in total. The van der Waals surface area contributed by atoms with Crippen molar-refractivity contribution < 1.29 is 17.6 Å². The molecular weight excluding hydrogens is 284 g/mol. The Morgan fingerprint density at radius 1 is 1.24 bits per heavy atom. The van der Waals surface area contributed by atoms with Crippen LogP contribution in [-0.4, -0.2) is 25.3 Å². The van der Waals surface area contributed by atoms with Crippen molar-refractivity contribution in [3.8, 4) is 0 Å². The molecule has 6 heteroatoms. The minimum atomic E-state index is -4.37. The monoisotopic (exact) mass is 306 g/mol. The summed E-state index contributed by atoms with van der Waals surface area (Å²) < 4.78 is 52.3. The highest BCUT2D eigenvalue weighted by atomic mass is 19.4. The summed E-state index contributed by atoms with van der Waals surface area (Å²) in [7, 11) is 0. The number of halogens is 4. The number of rotatable bonds is 7. The van der Waals surface area contributed by atoms with Gasteiger partial charge in [0.1, 0.15) is 12.4 Å². The standard InChI is InChI=1S/C15H22F4N2/c1-3-8-21(10-15(17,18)19)14-11(9-12(20)4-2)6-5-7-13(14)16/h5-7,12H,3-4,8-10,20H2,1-2H3. The number of nitrogens with zero attached hydrogens (tertiary/aromatic N) is 1. The molecule has 0 saturated heterocycles. The summed E-state index contributed by atoms with van der Waals surface area (Å²) in [6, 6.07) is 4.15. The normalized spacial score (nSPS) is 13.3. The number of hydrogen-bond acceptors (Lipinski definition) is 2. The summed E-state index contributed by atoms with van der Waals surface area (Å²) in [5.41, 5.74) is 6.42. The van der Waals surface area contributed by atoms with E-state index in [1.54, 1.807) is 13.0 Å². The molecule has 0 amide bonds. The zero-order valence-corrected chi connectivity index (χ0v) is 12.4. The molecule has 21 heavy (non-hydrogen) atoms. The zero-order chi connectivity index (χ0) is 16.0. The van der Waals surface area contributed by atoms with E-state index < -0.39 is 18.5 Å². The first kappa shape index (κ1) is 17.8. The maximum absolute atomic E-state index is 14.1. The van der Waals surface area contributed by atoms with Crippen LogP contribution in [0.15, 0.2) is 18.2 Å². The van der Waals surface area contributed by atoms with Gasteiger partial charge in [0.25, 0.3) is 0 Å². The van der Waals surface area contributed by atoms with E-state index >= 15 is 0 Å². The van der Waals surface area contributed by atoms with E-state index in [2.05, 4.69) is 0 Å². The van der Waals surface area contributed by atoms with Crippen LogP contribution in [0.4, 0.5) is 23.2 Å². The van der Waals surface area contributed by atoms with Gasteiger partial charge in [-0.1, -0.05) is 26.0 Å². The van der Waals surface area contributed by atoms with Crippen LogP contribution in [0.1, 0.15) is 32.3 Å². The fourth-order valence-electron chi connectivity index (χ4n) is 2.26. The summed E-state index contributed by atoms with van der Waals surface area (Å²) in [5.74, 6) is -0.631. The number of anilines is 1. The lowest BCUT2D eigenvalue weighted by Crippen LogP contribution is -2.36. The molecule has 1 atom stereocenters. The Morgan fingerprint density at radius 3 is 2.43 bits per heavy atom. The predicted molar refractivity (Wildman–Crippen MR) is 76.9 cm³/mol. The molecule has 1 aromatic carbocycles. The topological polar surface area (TPSA) is 29.3 Å². The molecule has 1 aromatic rings. The van der Waals surface area contributed by atoms with E-state index in [9.17, 15) is 17.6 Å². The first-order valence-corrected chi connectivity index (χ1v) is 7.13. The summed E-state index contributed by atoms with van der Waals surface area (Å²) >= 11 is 0. The second-order valence-electron chi connectivity index (χ2n) is 5.16. The Hall–Kier alpha value is -1.30. The minimum absolute atomic E-state index is 0.0283. The fraction of sp³-hybridized carbons (Fsp3) is 0.600. The molecule has 0 heterocycles. The lowest BCUT2D eigenvalue weighted by atomic mass is 10.0. The van der Waals surface area contributed by atoms with Crippen molar-refractivity contribution in [2.24, 2.45) is 5.73 Å². The fourth-order valence-corrected chi connectivity index (χ4v) is 2.26. The lowest BCUT2D eigenvalue weighted by molar-refractivity contribution is -0.119. The number of alkyl halides is 3. The van der Waals surface area contributed by atoms with Crippen LogP contribution in [0.5, 0.6) is 0 Å². The highest BCUT2D eigenvalue weighted by molar-refractivity contribution is 5.55. The van der Waals surface area contributed by atoms with Crippen molar-refractivity contribution in [2.45, 2.75) is 45.3 Å². The average Bonchev–Trinajstić information content (AvgIpc) is 2.36. The second-order valence-corrected chi connectivity index (χ2v) is 5.16. The molecule has 0 aliphatic heterocycles. The molecule has 1 rings (SSSR count). The number of benzene rings is 1. The van der Waals surface area contributed by atoms with Gasteiger partial charge in [0.2, 0.25) is 0 Å². The Kier molecular flexibility index (Phi) is 6.45. The molecule has 1 unspecified atom stereocenters. The smallest absolute Gasteiger partial charge is 0.360 e. The Bertz CT molecular complexity index is 446. The van der Waals surface area contributed by atoms with Crippen molar-refractivity contribution >= 4 is 5.69 Å². The summed E-state index contributed by atoms with van der Waals surface area (Å²) in [4.78, 5) is 1.06. The van der Waals surface area contributed by atoms with Gasteiger partial charge in [0, 0.05) is 12.6 Å². The van der Waals surface area contributed by atoms with Gasteiger partial charge in [0.05, 0.1) is 5.69 Å². The van der Waals surface area contributed by atoms with Crippen molar-refractivity contribution in [1.29, 1.82) is 0 Å². The molecule has 0 fully saturated rings. The van der Waals surface area contributed by atoms with E-state index in [1.807, 2.05) is 6.92 Å². The zero-order valence-electron chi connectivity index (χ0n) is 12.4. The van der Waals surface area contributed by atoms with Gasteiger partial charge in [-0.2, -0.15) is 13.2 Å². The van der Waals surface area contributed by atoms with E-state index in [0.717, 1.165) is 4.90 Å². The molecule has 0 radical (unpaired) electrons. The van der Waals surface area contributed by atoms with Gasteiger partial charge in [-0.15, -0.1) is 0 Å². The molecule has 0 aliphatic carbocycles. The van der Waals surface area contributed by atoms with Crippen molar-refractivity contribution in [2.75, 3.05) is 18.0 Å². The molecule has 0 bridgehead atoms. The Labute approximate surface area is 122 Å². The highest BCUT2D eigenvalue weighted by Gasteiger charge is 2.32. The molecule has 0 saturated carbocycles. The van der Waals surface area contributed by atoms with Crippen LogP contribution in [0, 0.1) is 5.82 Å². The third-order valence-electron chi connectivity index (χ3n) is 3.26. The number of hydrogen-bond donors (Lipinski definition) is 1. The summed E-state index contributed by atoms with van der Waals surface area (Å²) in [6.45, 7) is 2.65. The quantitative estimate of drug-likeness (QED) is 0.775. The van der Waals surface area contributed by atoms with Gasteiger partial charge in [-0.25, -0.2) is 4.39 Å². The molecule has 120 valence electrons. The summed E-state index contributed by atoms with van der Waals surface area (Å²) in [5, 5.41) is 0. The van der Waals surface area contributed by atoms with Gasteiger partial charge in [0.15, 0.2) is 0 Å². The molecule has 2 N–H and O–H groups in total. The molecule has 0 spiro atoms. The maximum atomic E-state index is 14.1. The molecular formula is C15H22F4N2. The third-order valence-corrected chi connectivity index (χ3v) is 3.26. The largest absolute Gasteiger partial charge is 0.405 e. The van der Waals surface area contributed by atoms with Gasteiger partial charge in [-0.3, -0.25) is 0 Å². The third kappa shape index (κ3) is 5.53. The highest BCUT2D eigenvalue weighted by Crippen LogP contribution is 2.29. The van der Waals surface area contributed by atoms with Gasteiger partial charge >= 0.3 is 6.18 Å². The predicted octanol–water partition coefficient (Wildman–Crippen LogP) is 3.88. The van der Waals surface area contributed by atoms with Crippen LogP contribution in [0.25, 0.3) is 0 Å². The van der Waals surface area contributed by atoms with Crippen LogP contribution < -0.4 is 10.6 Å². The van der Waals surface area contributed by atoms with E-state index in [1.165, 1.54) is 12.1 Å². The number of nitrogens with two attached hydrogens (primary N) is 1. The van der Waals surface area contributed by atoms with E-state index in [-0.39, 0.29) is 18.3 Å². The molecule has 0 aromatic heterocycles. The van der Waals surface area contributed by atoms with Crippen LogP contribution >= 0.6 is 0 Å². The second kappa shape index (κ2) is 7.64. The van der Waals surface area contributed by atoms with Crippen molar-refractivity contribution in [3.05, 3.63) is 29.6 Å². The van der Waals surface area contributed by atoms with E-state index in [0.29, 0.717) is 24.8 Å². The molecule has 0 aliphatic rings. The van der Waals surface area contributed by atoms with Gasteiger partial charge in [-0.05, 0) is 30.9 Å². The van der Waals surface area contributed by atoms with Crippen molar-refractivity contribution in [1.82, 2.24) is 0 Å².